The number of ether oxygens (including phenoxy) is 3. The van der Waals surface area contributed by atoms with Crippen LogP contribution >= 0.6 is 0 Å². The van der Waals surface area contributed by atoms with Crippen molar-refractivity contribution in [3.8, 4) is 0 Å². The average molecular weight is 518 g/mol. The summed E-state index contributed by atoms with van der Waals surface area (Å²) in [5, 5.41) is 2.91. The number of pyridine rings is 1. The molecule has 0 aliphatic heterocycles. The molecule has 1 aromatic heterocycles. The van der Waals surface area contributed by atoms with Crippen LogP contribution in [0.4, 0.5) is 15.4 Å². The number of esters is 1. The number of carbonyl (C=O) groups is 4. The van der Waals surface area contributed by atoms with E-state index in [4.69, 9.17) is 14.2 Å². The van der Waals surface area contributed by atoms with E-state index in [0.29, 0.717) is 49.9 Å². The number of hydrogen-bond acceptors (Lipinski definition) is 8. The van der Waals surface area contributed by atoms with Crippen LogP contribution in [0.1, 0.15) is 85.6 Å². The summed E-state index contributed by atoms with van der Waals surface area (Å²) < 4.78 is 15.8. The summed E-state index contributed by atoms with van der Waals surface area (Å²) in [7, 11) is 1.41. The van der Waals surface area contributed by atoms with E-state index in [1.165, 1.54) is 13.3 Å². The van der Waals surface area contributed by atoms with E-state index < -0.39 is 34.2 Å². The normalized spacial score (nSPS) is 23.1. The number of fused-ring (bicyclic) bond motifs is 3. The van der Waals surface area contributed by atoms with Crippen molar-refractivity contribution in [3.05, 3.63) is 23.9 Å². The van der Waals surface area contributed by atoms with Gasteiger partial charge >= 0.3 is 18.2 Å². The predicted octanol–water partition coefficient (Wildman–Crippen LogP) is 5.21. The molecular formula is C27H39N3O7. The zero-order chi connectivity index (χ0) is 27.6. The average Bonchev–Trinajstić information content (AvgIpc) is 2.81. The lowest BCUT2D eigenvalue weighted by Gasteiger charge is -2.50. The Kier molecular flexibility index (Phi) is 7.91. The molecule has 10 heteroatoms. The lowest BCUT2D eigenvalue weighted by atomic mass is 9.53. The van der Waals surface area contributed by atoms with Gasteiger partial charge in [-0.3, -0.25) is 9.59 Å². The monoisotopic (exact) mass is 517 g/mol. The topological polar surface area (TPSA) is 124 Å². The van der Waals surface area contributed by atoms with Gasteiger partial charge in [-0.15, -0.1) is 0 Å². The lowest BCUT2D eigenvalue weighted by Crippen LogP contribution is -2.51. The van der Waals surface area contributed by atoms with Crippen molar-refractivity contribution in [1.29, 1.82) is 0 Å². The zero-order valence-electron chi connectivity index (χ0n) is 22.9. The van der Waals surface area contributed by atoms with Crippen molar-refractivity contribution >= 4 is 29.9 Å². The second-order valence-electron chi connectivity index (χ2n) is 12.1. The highest BCUT2D eigenvalue weighted by Gasteiger charge is 2.56. The number of amides is 3. The van der Waals surface area contributed by atoms with E-state index in [2.05, 4.69) is 10.3 Å². The molecule has 10 nitrogen and oxygen atoms in total. The Morgan fingerprint density at radius 1 is 0.865 bits per heavy atom. The smallest absolute Gasteiger partial charge is 0.420 e. The largest absolute Gasteiger partial charge is 0.469 e. The summed E-state index contributed by atoms with van der Waals surface area (Å²) in [5.41, 5.74) is -1.99. The highest BCUT2D eigenvalue weighted by atomic mass is 16.6. The van der Waals surface area contributed by atoms with Gasteiger partial charge in [0, 0.05) is 11.6 Å². The molecule has 0 spiro atoms. The number of methoxy groups -OCH3 is 1. The maximum atomic E-state index is 13.2. The number of nitrogens with one attached hydrogen (secondary N) is 1. The second-order valence-corrected chi connectivity index (χ2v) is 12.1. The van der Waals surface area contributed by atoms with E-state index in [1.807, 2.05) is 0 Å². The van der Waals surface area contributed by atoms with Gasteiger partial charge in [-0.2, -0.15) is 0 Å². The highest BCUT2D eigenvalue weighted by Crippen LogP contribution is 2.57. The van der Waals surface area contributed by atoms with Crippen LogP contribution in [0.15, 0.2) is 18.3 Å². The third-order valence-electron chi connectivity index (χ3n) is 6.98. The molecule has 0 unspecified atom stereocenters. The Morgan fingerprint density at radius 3 is 1.76 bits per heavy atom. The van der Waals surface area contributed by atoms with Crippen molar-refractivity contribution < 1.29 is 33.4 Å². The van der Waals surface area contributed by atoms with E-state index in [1.54, 1.807) is 53.7 Å². The first kappa shape index (κ1) is 28.4. The van der Waals surface area contributed by atoms with Crippen LogP contribution in [0, 0.1) is 10.8 Å². The molecule has 204 valence electrons. The maximum absolute atomic E-state index is 13.2. The lowest BCUT2D eigenvalue weighted by molar-refractivity contribution is -0.165. The fraction of sp³-hybridized carbons (Fsp3) is 0.667. The molecule has 0 radical (unpaired) electrons. The van der Waals surface area contributed by atoms with Crippen LogP contribution in [0.25, 0.3) is 0 Å². The molecule has 3 aliphatic carbocycles. The van der Waals surface area contributed by atoms with Crippen molar-refractivity contribution in [3.63, 3.8) is 0 Å². The maximum Gasteiger partial charge on any atom is 0.420 e. The number of hydrogen-bond donors (Lipinski definition) is 1. The van der Waals surface area contributed by atoms with Gasteiger partial charge in [0.1, 0.15) is 17.0 Å². The number of carbonyl (C=O) groups excluding carboxylic acids is 4. The highest BCUT2D eigenvalue weighted by molar-refractivity contribution is 5.95. The Morgan fingerprint density at radius 2 is 1.35 bits per heavy atom. The second kappa shape index (κ2) is 10.3. The molecule has 3 amide bonds. The number of nitrogens with zero attached hydrogens (tertiary/aromatic N) is 2. The van der Waals surface area contributed by atoms with Gasteiger partial charge in [0.2, 0.25) is 5.91 Å². The van der Waals surface area contributed by atoms with Gasteiger partial charge in [0.05, 0.1) is 19.1 Å². The van der Waals surface area contributed by atoms with Crippen LogP contribution in [-0.2, 0) is 30.3 Å². The summed E-state index contributed by atoms with van der Waals surface area (Å²) in [5.74, 6) is 0.0971. The van der Waals surface area contributed by atoms with Crippen LogP contribution in [0.5, 0.6) is 0 Å². The minimum Gasteiger partial charge on any atom is -0.469 e. The third-order valence-corrected chi connectivity index (χ3v) is 6.98. The number of rotatable bonds is 5. The fourth-order valence-corrected chi connectivity index (χ4v) is 4.91. The molecule has 3 saturated carbocycles. The fourth-order valence-electron chi connectivity index (χ4n) is 4.91. The Bertz CT molecular complexity index is 985. The van der Waals surface area contributed by atoms with E-state index in [0.717, 1.165) is 4.90 Å². The number of anilines is 1. The van der Waals surface area contributed by atoms with Gasteiger partial charge in [0.15, 0.2) is 0 Å². The molecule has 3 aliphatic rings. The summed E-state index contributed by atoms with van der Waals surface area (Å²) in [6.45, 7) is 10.2. The van der Waals surface area contributed by atoms with Gasteiger partial charge in [0.25, 0.3) is 0 Å². The van der Waals surface area contributed by atoms with Gasteiger partial charge in [-0.1, -0.05) is 6.07 Å². The molecule has 1 N–H and O–H groups in total. The SMILES string of the molecule is COC(=O)C12CCC(C(=O)Nc3ccc(CN(C(=O)OC(C)(C)C)C(=O)OC(C)(C)C)cn3)(CC1)CC2. The standard InChI is InChI=1S/C27H39N3O7/c1-24(2,3)36-22(33)30(23(34)37-25(4,5)6)17-18-8-9-19(28-16-18)29-20(31)26-10-13-27(14-11-26,15-12-26)21(32)35-7/h8-9,16H,10-15,17H2,1-7H3,(H,28,29,31). The molecule has 0 aromatic carbocycles. The molecule has 37 heavy (non-hydrogen) atoms. The van der Waals surface area contributed by atoms with E-state index in [-0.39, 0.29) is 18.4 Å². The van der Waals surface area contributed by atoms with Gasteiger partial charge in [-0.25, -0.2) is 19.5 Å². The minimum atomic E-state index is -0.823. The summed E-state index contributed by atoms with van der Waals surface area (Å²) in [4.78, 5) is 56.1. The Labute approximate surface area is 218 Å². The van der Waals surface area contributed by atoms with Crippen molar-refractivity contribution in [2.45, 2.75) is 97.8 Å². The van der Waals surface area contributed by atoms with E-state index in [9.17, 15) is 19.2 Å². The Balaban J connectivity index is 1.67. The van der Waals surface area contributed by atoms with Crippen LogP contribution in [-0.4, -0.2) is 52.3 Å². The Hall–Kier alpha value is -3.17. The van der Waals surface area contributed by atoms with Crippen LogP contribution in [0.2, 0.25) is 0 Å². The van der Waals surface area contributed by atoms with Crippen LogP contribution in [0.3, 0.4) is 0 Å². The predicted molar refractivity (Wildman–Crippen MR) is 135 cm³/mol. The molecular weight excluding hydrogens is 478 g/mol. The van der Waals surface area contributed by atoms with Crippen molar-refractivity contribution in [1.82, 2.24) is 9.88 Å². The first-order chi connectivity index (χ1) is 17.1. The van der Waals surface area contributed by atoms with Crippen molar-refractivity contribution in [2.75, 3.05) is 12.4 Å². The molecule has 0 saturated heterocycles. The quantitative estimate of drug-likeness (QED) is 0.417. The zero-order valence-corrected chi connectivity index (χ0v) is 22.9. The molecule has 2 bridgehead atoms. The van der Waals surface area contributed by atoms with E-state index >= 15 is 0 Å². The first-order valence-electron chi connectivity index (χ1n) is 12.7. The first-order valence-corrected chi connectivity index (χ1v) is 12.7. The number of imide groups is 1. The summed E-state index contributed by atoms with van der Waals surface area (Å²) in [6.07, 6.45) is 3.68. The summed E-state index contributed by atoms with van der Waals surface area (Å²) >= 11 is 0. The molecule has 1 aromatic rings. The summed E-state index contributed by atoms with van der Waals surface area (Å²) in [6, 6.07) is 3.32. The van der Waals surface area contributed by atoms with Crippen molar-refractivity contribution in [2.24, 2.45) is 10.8 Å². The molecule has 3 fully saturated rings. The van der Waals surface area contributed by atoms with Crippen LogP contribution < -0.4 is 5.32 Å². The minimum absolute atomic E-state index is 0.102. The molecule has 0 atom stereocenters. The number of aromatic nitrogens is 1. The molecule has 4 rings (SSSR count). The van der Waals surface area contributed by atoms with Gasteiger partial charge in [-0.05, 0) is 91.7 Å². The van der Waals surface area contributed by atoms with Gasteiger partial charge < -0.3 is 19.5 Å². The third kappa shape index (κ3) is 6.78. The molecule has 1 heterocycles.